The second kappa shape index (κ2) is 7.46. The van der Waals surface area contributed by atoms with E-state index in [9.17, 15) is 0 Å². The lowest BCUT2D eigenvalue weighted by atomic mass is 9.93. The maximum absolute atomic E-state index is 6.28. The summed E-state index contributed by atoms with van der Waals surface area (Å²) >= 11 is 3.44. The Morgan fingerprint density at radius 1 is 1.10 bits per heavy atom. The summed E-state index contributed by atoms with van der Waals surface area (Å²) in [5, 5.41) is 0. The van der Waals surface area contributed by atoms with Crippen LogP contribution in [0.15, 0.2) is 59.1 Å². The van der Waals surface area contributed by atoms with Gasteiger partial charge in [-0.1, -0.05) is 59.3 Å². The Hall–Kier alpha value is -1.32. The van der Waals surface area contributed by atoms with E-state index in [0.717, 1.165) is 16.6 Å². The van der Waals surface area contributed by atoms with Gasteiger partial charge in [0.2, 0.25) is 0 Å². The number of benzene rings is 2. The fourth-order valence-corrected chi connectivity index (χ4v) is 2.48. The van der Waals surface area contributed by atoms with E-state index in [1.165, 1.54) is 5.56 Å². The monoisotopic (exact) mass is 333 g/mol. The molecule has 0 bridgehead atoms. The second-order valence-electron chi connectivity index (χ2n) is 5.01. The quantitative estimate of drug-likeness (QED) is 0.841. The van der Waals surface area contributed by atoms with E-state index in [0.29, 0.717) is 12.5 Å². The summed E-state index contributed by atoms with van der Waals surface area (Å²) in [5.74, 6) is 1.27. The molecule has 0 spiro atoms. The molecule has 2 unspecified atom stereocenters. The molecule has 106 valence electrons. The Balaban J connectivity index is 1.82. The van der Waals surface area contributed by atoms with E-state index >= 15 is 0 Å². The van der Waals surface area contributed by atoms with Gasteiger partial charge in [0.15, 0.2) is 0 Å². The van der Waals surface area contributed by atoms with Crippen molar-refractivity contribution in [3.8, 4) is 5.75 Å². The van der Waals surface area contributed by atoms with Crippen molar-refractivity contribution in [2.75, 3.05) is 6.61 Å². The molecule has 2 aromatic carbocycles. The van der Waals surface area contributed by atoms with Crippen molar-refractivity contribution >= 4 is 15.9 Å². The van der Waals surface area contributed by atoms with Crippen molar-refractivity contribution in [3.05, 3.63) is 64.6 Å². The third-order valence-electron chi connectivity index (χ3n) is 3.44. The first kappa shape index (κ1) is 15.1. The first-order valence-electron chi connectivity index (χ1n) is 6.85. The van der Waals surface area contributed by atoms with E-state index in [4.69, 9.17) is 10.5 Å². The van der Waals surface area contributed by atoms with Crippen molar-refractivity contribution in [3.63, 3.8) is 0 Å². The van der Waals surface area contributed by atoms with Crippen LogP contribution in [0, 0.1) is 5.92 Å². The number of ether oxygens (including phenoxy) is 1. The molecule has 0 aromatic heterocycles. The van der Waals surface area contributed by atoms with Crippen LogP contribution in [0.3, 0.4) is 0 Å². The van der Waals surface area contributed by atoms with Gasteiger partial charge in [-0.25, -0.2) is 0 Å². The smallest absolute Gasteiger partial charge is 0.120 e. The summed E-state index contributed by atoms with van der Waals surface area (Å²) < 4.78 is 6.79. The zero-order chi connectivity index (χ0) is 14.4. The van der Waals surface area contributed by atoms with Gasteiger partial charge in [0.25, 0.3) is 0 Å². The number of hydrogen-bond acceptors (Lipinski definition) is 2. The number of halogens is 1. The minimum atomic E-state index is 0.0577. The van der Waals surface area contributed by atoms with Crippen LogP contribution in [-0.2, 0) is 0 Å². The second-order valence-corrected chi connectivity index (χ2v) is 5.92. The molecule has 0 saturated heterocycles. The topological polar surface area (TPSA) is 35.2 Å². The lowest BCUT2D eigenvalue weighted by molar-refractivity contribution is 0.270. The number of hydrogen-bond donors (Lipinski definition) is 1. The van der Waals surface area contributed by atoms with Crippen LogP contribution in [0.4, 0.5) is 0 Å². The minimum absolute atomic E-state index is 0.0577. The highest BCUT2D eigenvalue weighted by Gasteiger charge is 2.14. The minimum Gasteiger partial charge on any atom is -0.494 e. The molecular weight excluding hydrogens is 314 g/mol. The highest BCUT2D eigenvalue weighted by Crippen LogP contribution is 2.23. The van der Waals surface area contributed by atoms with E-state index < -0.39 is 0 Å². The van der Waals surface area contributed by atoms with Gasteiger partial charge in [0.1, 0.15) is 5.75 Å². The van der Waals surface area contributed by atoms with Crippen LogP contribution in [0.1, 0.15) is 24.9 Å². The van der Waals surface area contributed by atoms with Gasteiger partial charge < -0.3 is 10.5 Å². The van der Waals surface area contributed by atoms with Crippen molar-refractivity contribution < 1.29 is 4.74 Å². The molecule has 0 amide bonds. The van der Waals surface area contributed by atoms with Crippen LogP contribution in [0.2, 0.25) is 0 Å². The zero-order valence-electron chi connectivity index (χ0n) is 11.6. The Kier molecular flexibility index (Phi) is 5.62. The van der Waals surface area contributed by atoms with E-state index in [2.05, 4.69) is 35.0 Å². The summed E-state index contributed by atoms with van der Waals surface area (Å²) in [7, 11) is 0. The van der Waals surface area contributed by atoms with Gasteiger partial charge in [0, 0.05) is 10.5 Å². The molecule has 2 N–H and O–H groups in total. The molecule has 2 nitrogen and oxygen atoms in total. The average molecular weight is 334 g/mol. The Bertz CT molecular complexity index is 530. The fourth-order valence-electron chi connectivity index (χ4n) is 2.10. The number of nitrogens with two attached hydrogens (primary N) is 1. The van der Waals surface area contributed by atoms with Crippen LogP contribution < -0.4 is 10.5 Å². The van der Waals surface area contributed by atoms with Crippen LogP contribution >= 0.6 is 15.9 Å². The van der Waals surface area contributed by atoms with Gasteiger partial charge in [-0.2, -0.15) is 0 Å². The SMILES string of the molecule is CC(CCOc1cccc(Br)c1)C(N)c1ccccc1. The van der Waals surface area contributed by atoms with Gasteiger partial charge in [-0.3, -0.25) is 0 Å². The van der Waals surface area contributed by atoms with Crippen molar-refractivity contribution in [2.45, 2.75) is 19.4 Å². The molecule has 0 fully saturated rings. The summed E-state index contributed by atoms with van der Waals surface area (Å²) in [4.78, 5) is 0. The Morgan fingerprint density at radius 3 is 2.55 bits per heavy atom. The molecule has 2 aromatic rings. The van der Waals surface area contributed by atoms with E-state index in [1.54, 1.807) is 0 Å². The normalized spacial score (nSPS) is 13.8. The lowest BCUT2D eigenvalue weighted by Gasteiger charge is -2.20. The molecule has 0 aliphatic carbocycles. The summed E-state index contributed by atoms with van der Waals surface area (Å²) in [5.41, 5.74) is 7.46. The van der Waals surface area contributed by atoms with Gasteiger partial charge in [0.05, 0.1) is 6.61 Å². The Morgan fingerprint density at radius 2 is 1.85 bits per heavy atom. The standard InChI is InChI=1S/C17H20BrNO/c1-13(17(19)14-6-3-2-4-7-14)10-11-20-16-9-5-8-15(18)12-16/h2-9,12-13,17H,10-11,19H2,1H3. The van der Waals surface area contributed by atoms with E-state index in [1.807, 2.05) is 42.5 Å². The van der Waals surface area contributed by atoms with Crippen molar-refractivity contribution in [2.24, 2.45) is 11.7 Å². The zero-order valence-corrected chi connectivity index (χ0v) is 13.2. The maximum Gasteiger partial charge on any atom is 0.120 e. The molecule has 0 heterocycles. The third-order valence-corrected chi connectivity index (χ3v) is 3.93. The van der Waals surface area contributed by atoms with Crippen molar-refractivity contribution in [1.29, 1.82) is 0 Å². The summed E-state index contributed by atoms with van der Waals surface area (Å²) in [6.07, 6.45) is 0.933. The third kappa shape index (κ3) is 4.36. The molecule has 0 aliphatic heterocycles. The summed E-state index contributed by atoms with van der Waals surface area (Å²) in [6, 6.07) is 18.2. The highest BCUT2D eigenvalue weighted by molar-refractivity contribution is 9.10. The van der Waals surface area contributed by atoms with Crippen LogP contribution in [0.25, 0.3) is 0 Å². The maximum atomic E-state index is 6.28. The lowest BCUT2D eigenvalue weighted by Crippen LogP contribution is -2.20. The molecule has 0 saturated carbocycles. The molecule has 3 heteroatoms. The Labute approximate surface area is 129 Å². The van der Waals surface area contributed by atoms with Crippen LogP contribution in [-0.4, -0.2) is 6.61 Å². The molecular formula is C17H20BrNO. The van der Waals surface area contributed by atoms with Gasteiger partial charge in [-0.05, 0) is 36.1 Å². The van der Waals surface area contributed by atoms with Gasteiger partial charge in [-0.15, -0.1) is 0 Å². The predicted molar refractivity (Wildman–Crippen MR) is 86.8 cm³/mol. The molecule has 0 aliphatic rings. The molecule has 2 atom stereocenters. The highest BCUT2D eigenvalue weighted by atomic mass is 79.9. The van der Waals surface area contributed by atoms with Crippen molar-refractivity contribution in [1.82, 2.24) is 0 Å². The first-order valence-corrected chi connectivity index (χ1v) is 7.65. The largest absolute Gasteiger partial charge is 0.494 e. The molecule has 0 radical (unpaired) electrons. The fraction of sp³-hybridized carbons (Fsp3) is 0.294. The van der Waals surface area contributed by atoms with Crippen LogP contribution in [0.5, 0.6) is 5.75 Å². The van der Waals surface area contributed by atoms with E-state index in [-0.39, 0.29) is 6.04 Å². The molecule has 20 heavy (non-hydrogen) atoms. The molecule has 2 rings (SSSR count). The first-order chi connectivity index (χ1) is 9.66. The van der Waals surface area contributed by atoms with Gasteiger partial charge >= 0.3 is 0 Å². The predicted octanol–water partition coefficient (Wildman–Crippen LogP) is 4.55. The average Bonchev–Trinajstić information content (AvgIpc) is 2.47. The number of rotatable bonds is 6. The summed E-state index contributed by atoms with van der Waals surface area (Å²) in [6.45, 7) is 2.85.